The maximum atomic E-state index is 13.1. The van der Waals surface area contributed by atoms with E-state index in [4.69, 9.17) is 4.74 Å². The van der Waals surface area contributed by atoms with E-state index in [1.807, 2.05) is 25.1 Å². The van der Waals surface area contributed by atoms with Crippen molar-refractivity contribution in [2.24, 2.45) is 5.92 Å². The number of benzene rings is 2. The Balaban J connectivity index is 1.77. The Morgan fingerprint density at radius 2 is 1.87 bits per heavy atom. The number of amides is 1. The van der Waals surface area contributed by atoms with Crippen LogP contribution < -0.4 is 10.1 Å². The first kappa shape index (κ1) is 22.3. The van der Waals surface area contributed by atoms with Crippen LogP contribution in [0.3, 0.4) is 0 Å². The molecule has 6 nitrogen and oxygen atoms in total. The van der Waals surface area contributed by atoms with Gasteiger partial charge in [-0.3, -0.25) is 4.79 Å². The Morgan fingerprint density at radius 1 is 1.17 bits per heavy atom. The number of ether oxygens (including phenoxy) is 1. The fourth-order valence-corrected chi connectivity index (χ4v) is 5.36. The second-order valence-corrected chi connectivity index (χ2v) is 10.00. The first-order valence-electron chi connectivity index (χ1n) is 10.3. The molecule has 1 N–H and O–H groups in total. The summed E-state index contributed by atoms with van der Waals surface area (Å²) in [6.45, 7) is 6.76. The van der Waals surface area contributed by atoms with Gasteiger partial charge in [0.2, 0.25) is 15.9 Å². The van der Waals surface area contributed by atoms with Gasteiger partial charge in [0.25, 0.3) is 0 Å². The predicted molar refractivity (Wildman–Crippen MR) is 118 cm³/mol. The van der Waals surface area contributed by atoms with Gasteiger partial charge in [0, 0.05) is 18.8 Å². The third-order valence-corrected chi connectivity index (χ3v) is 7.51. The number of aryl methyl sites for hydroxylation is 1. The minimum Gasteiger partial charge on any atom is -0.497 e. The van der Waals surface area contributed by atoms with Gasteiger partial charge in [0.15, 0.2) is 0 Å². The summed E-state index contributed by atoms with van der Waals surface area (Å²) in [5.41, 5.74) is 2.93. The van der Waals surface area contributed by atoms with E-state index >= 15 is 0 Å². The summed E-state index contributed by atoms with van der Waals surface area (Å²) in [6.07, 6.45) is 1.32. The molecule has 0 saturated carbocycles. The third-order valence-electron chi connectivity index (χ3n) is 5.63. The fraction of sp³-hybridized carbons (Fsp3) is 0.435. The van der Waals surface area contributed by atoms with Crippen LogP contribution in [-0.4, -0.2) is 38.8 Å². The smallest absolute Gasteiger partial charge is 0.243 e. The molecule has 0 spiro atoms. The van der Waals surface area contributed by atoms with Crippen LogP contribution in [0, 0.1) is 12.8 Å². The lowest BCUT2D eigenvalue weighted by Crippen LogP contribution is -2.43. The number of sulfonamides is 1. The number of carbonyl (C=O) groups excluding carboxylic acids is 1. The van der Waals surface area contributed by atoms with Crippen molar-refractivity contribution < 1.29 is 17.9 Å². The number of anilines is 1. The Morgan fingerprint density at radius 3 is 2.50 bits per heavy atom. The van der Waals surface area contributed by atoms with Gasteiger partial charge in [0.05, 0.1) is 17.9 Å². The van der Waals surface area contributed by atoms with E-state index in [1.165, 1.54) is 11.4 Å². The van der Waals surface area contributed by atoms with Gasteiger partial charge in [-0.2, -0.15) is 4.31 Å². The van der Waals surface area contributed by atoms with Crippen molar-refractivity contribution in [2.75, 3.05) is 25.5 Å². The van der Waals surface area contributed by atoms with Crippen LogP contribution in [0.15, 0.2) is 47.4 Å². The molecule has 7 heteroatoms. The molecule has 30 heavy (non-hydrogen) atoms. The van der Waals surface area contributed by atoms with Crippen LogP contribution in [0.25, 0.3) is 0 Å². The Bertz CT molecular complexity index is 1000. The van der Waals surface area contributed by atoms with Crippen LogP contribution in [0.4, 0.5) is 5.69 Å². The number of para-hydroxylation sites is 1. The van der Waals surface area contributed by atoms with E-state index in [2.05, 4.69) is 19.2 Å². The van der Waals surface area contributed by atoms with Gasteiger partial charge in [-0.05, 0) is 61.1 Å². The number of hydrogen-bond donors (Lipinski definition) is 1. The van der Waals surface area contributed by atoms with Gasteiger partial charge in [0.1, 0.15) is 5.75 Å². The minimum absolute atomic E-state index is 0.124. The normalized spacial score (nSPS) is 17.7. The Labute approximate surface area is 179 Å². The number of piperidine rings is 1. The molecule has 0 radical (unpaired) electrons. The fourth-order valence-electron chi connectivity index (χ4n) is 3.84. The average Bonchev–Trinajstić information content (AvgIpc) is 2.75. The van der Waals surface area contributed by atoms with Crippen molar-refractivity contribution in [2.45, 2.75) is 44.4 Å². The zero-order valence-electron chi connectivity index (χ0n) is 18.0. The first-order chi connectivity index (χ1) is 14.2. The van der Waals surface area contributed by atoms with Crippen LogP contribution in [0.2, 0.25) is 0 Å². The summed E-state index contributed by atoms with van der Waals surface area (Å²) in [5.74, 6) is 0.370. The number of carbonyl (C=O) groups is 1. The van der Waals surface area contributed by atoms with Crippen molar-refractivity contribution in [3.05, 3.63) is 53.6 Å². The largest absolute Gasteiger partial charge is 0.497 e. The quantitative estimate of drug-likeness (QED) is 0.746. The Kier molecular flexibility index (Phi) is 6.83. The molecular formula is C23H30N2O4S. The van der Waals surface area contributed by atoms with E-state index in [0.717, 1.165) is 16.8 Å². The summed E-state index contributed by atoms with van der Waals surface area (Å²) in [4.78, 5) is 13.3. The monoisotopic (exact) mass is 430 g/mol. The van der Waals surface area contributed by atoms with Gasteiger partial charge in [-0.25, -0.2) is 8.42 Å². The molecule has 1 amide bonds. The first-order valence-corrected chi connectivity index (χ1v) is 11.7. The molecule has 1 fully saturated rings. The number of nitrogens with zero attached hydrogens (tertiary/aromatic N) is 1. The van der Waals surface area contributed by atoms with Crippen molar-refractivity contribution in [3.63, 3.8) is 0 Å². The second kappa shape index (κ2) is 9.18. The average molecular weight is 431 g/mol. The molecule has 1 atom stereocenters. The van der Waals surface area contributed by atoms with Gasteiger partial charge >= 0.3 is 0 Å². The number of methoxy groups -OCH3 is 1. The lowest BCUT2D eigenvalue weighted by molar-refractivity contribution is -0.120. The molecule has 1 saturated heterocycles. The highest BCUT2D eigenvalue weighted by Crippen LogP contribution is 2.30. The summed E-state index contributed by atoms with van der Waals surface area (Å²) < 4.78 is 32.7. The number of rotatable bonds is 6. The summed E-state index contributed by atoms with van der Waals surface area (Å²) in [6, 6.07) is 12.3. The predicted octanol–water partition coefficient (Wildman–Crippen LogP) is 4.17. The summed E-state index contributed by atoms with van der Waals surface area (Å²) in [7, 11) is -2.12. The van der Waals surface area contributed by atoms with Crippen molar-refractivity contribution >= 4 is 21.6 Å². The standard InChI is InChI=1S/C23H30N2O4S/c1-16(2)21-9-5-7-17(3)22(21)24-23(26)18-8-6-14-25(15-18)30(27,28)20-12-10-19(29-4)11-13-20/h5,7,9-13,16,18H,6,8,14-15H2,1-4H3,(H,24,26)/t18-/m0/s1. The van der Waals surface area contributed by atoms with Crippen LogP contribution >= 0.6 is 0 Å². The van der Waals surface area contributed by atoms with Gasteiger partial charge in [-0.15, -0.1) is 0 Å². The minimum atomic E-state index is -3.66. The number of nitrogens with one attached hydrogen (secondary N) is 1. The highest BCUT2D eigenvalue weighted by Gasteiger charge is 2.33. The summed E-state index contributed by atoms with van der Waals surface area (Å²) >= 11 is 0. The van der Waals surface area contributed by atoms with Crippen molar-refractivity contribution in [3.8, 4) is 5.75 Å². The molecule has 0 aromatic heterocycles. The van der Waals surface area contributed by atoms with E-state index in [-0.39, 0.29) is 29.2 Å². The van der Waals surface area contributed by atoms with E-state index in [0.29, 0.717) is 25.1 Å². The van der Waals surface area contributed by atoms with Crippen molar-refractivity contribution in [1.29, 1.82) is 0 Å². The summed E-state index contributed by atoms with van der Waals surface area (Å²) in [5, 5.41) is 3.08. The van der Waals surface area contributed by atoms with Crippen LogP contribution in [-0.2, 0) is 14.8 Å². The van der Waals surface area contributed by atoms with Crippen LogP contribution in [0.1, 0.15) is 43.7 Å². The highest BCUT2D eigenvalue weighted by atomic mass is 32.2. The third kappa shape index (κ3) is 4.68. The maximum Gasteiger partial charge on any atom is 0.243 e. The maximum absolute atomic E-state index is 13.1. The lowest BCUT2D eigenvalue weighted by atomic mass is 9.95. The Hall–Kier alpha value is -2.38. The molecular weight excluding hydrogens is 400 g/mol. The molecule has 2 aromatic carbocycles. The SMILES string of the molecule is COc1ccc(S(=O)(=O)N2CCC[C@H](C(=O)Nc3c(C)cccc3C(C)C)C2)cc1. The van der Waals surface area contributed by atoms with E-state index in [1.54, 1.807) is 24.3 Å². The zero-order chi connectivity index (χ0) is 21.9. The molecule has 0 bridgehead atoms. The van der Waals surface area contributed by atoms with Gasteiger partial charge < -0.3 is 10.1 Å². The topological polar surface area (TPSA) is 75.7 Å². The second-order valence-electron chi connectivity index (χ2n) is 8.06. The highest BCUT2D eigenvalue weighted by molar-refractivity contribution is 7.89. The molecule has 0 aliphatic carbocycles. The van der Waals surface area contributed by atoms with Crippen LogP contribution in [0.5, 0.6) is 5.75 Å². The molecule has 3 rings (SSSR count). The van der Waals surface area contributed by atoms with Crippen molar-refractivity contribution in [1.82, 2.24) is 4.31 Å². The lowest BCUT2D eigenvalue weighted by Gasteiger charge is -2.31. The van der Waals surface area contributed by atoms with E-state index in [9.17, 15) is 13.2 Å². The van der Waals surface area contributed by atoms with E-state index < -0.39 is 10.0 Å². The number of hydrogen-bond acceptors (Lipinski definition) is 4. The van der Waals surface area contributed by atoms with Gasteiger partial charge in [-0.1, -0.05) is 32.0 Å². The molecule has 0 unspecified atom stereocenters. The molecule has 162 valence electrons. The molecule has 1 heterocycles. The zero-order valence-corrected chi connectivity index (χ0v) is 18.8. The molecule has 2 aromatic rings. The molecule has 1 aliphatic rings. The molecule has 1 aliphatic heterocycles.